The van der Waals surface area contributed by atoms with Crippen LogP contribution in [0.25, 0.3) is 11.5 Å². The fourth-order valence-electron chi connectivity index (χ4n) is 1.31. The average Bonchev–Trinajstić information content (AvgIpc) is 2.81. The first-order valence-electron chi connectivity index (χ1n) is 5.16. The van der Waals surface area contributed by atoms with Crippen LogP contribution < -0.4 is 5.73 Å². The number of hydrogen-bond acceptors (Lipinski definition) is 4. The van der Waals surface area contributed by atoms with Crippen molar-refractivity contribution in [3.05, 3.63) is 32.6 Å². The SMILES string of the molecule is CCC(N)c1noc(-c2ccc(I)c(Cl)c2)n1. The monoisotopic (exact) mass is 363 g/mol. The van der Waals surface area contributed by atoms with Crippen LogP contribution in [0.4, 0.5) is 0 Å². The topological polar surface area (TPSA) is 64.9 Å². The average molecular weight is 364 g/mol. The number of aromatic nitrogens is 2. The molecule has 2 aromatic rings. The van der Waals surface area contributed by atoms with Crippen molar-refractivity contribution in [2.75, 3.05) is 0 Å². The lowest BCUT2D eigenvalue weighted by molar-refractivity contribution is 0.415. The molecule has 17 heavy (non-hydrogen) atoms. The molecule has 0 bridgehead atoms. The minimum atomic E-state index is -0.188. The number of hydrogen-bond donors (Lipinski definition) is 1. The van der Waals surface area contributed by atoms with E-state index in [2.05, 4.69) is 32.7 Å². The summed E-state index contributed by atoms with van der Waals surface area (Å²) in [6.07, 6.45) is 0.770. The van der Waals surface area contributed by atoms with E-state index in [9.17, 15) is 0 Å². The lowest BCUT2D eigenvalue weighted by Crippen LogP contribution is -2.10. The Labute approximate surface area is 118 Å². The third-order valence-corrected chi connectivity index (χ3v) is 3.95. The Bertz CT molecular complexity index is 529. The summed E-state index contributed by atoms with van der Waals surface area (Å²) in [5.74, 6) is 0.972. The van der Waals surface area contributed by atoms with Crippen molar-refractivity contribution in [3.8, 4) is 11.5 Å². The summed E-state index contributed by atoms with van der Waals surface area (Å²) in [7, 11) is 0. The molecule has 0 amide bonds. The molecule has 0 radical (unpaired) electrons. The first-order valence-corrected chi connectivity index (χ1v) is 6.62. The van der Waals surface area contributed by atoms with Gasteiger partial charge in [0.05, 0.1) is 11.1 Å². The van der Waals surface area contributed by atoms with E-state index in [-0.39, 0.29) is 6.04 Å². The van der Waals surface area contributed by atoms with Crippen LogP contribution in [0.3, 0.4) is 0 Å². The first-order chi connectivity index (χ1) is 8.11. The van der Waals surface area contributed by atoms with Gasteiger partial charge in [-0.25, -0.2) is 0 Å². The van der Waals surface area contributed by atoms with Crippen LogP contribution in [-0.2, 0) is 0 Å². The lowest BCUT2D eigenvalue weighted by Gasteiger charge is -2.00. The molecule has 6 heteroatoms. The maximum atomic E-state index is 6.04. The van der Waals surface area contributed by atoms with Gasteiger partial charge in [0.15, 0.2) is 5.82 Å². The predicted molar refractivity (Wildman–Crippen MR) is 74.7 cm³/mol. The fourth-order valence-corrected chi connectivity index (χ4v) is 1.83. The molecule has 0 saturated carbocycles. The number of nitrogens with zero attached hydrogens (tertiary/aromatic N) is 2. The third kappa shape index (κ3) is 2.78. The molecule has 1 aromatic heterocycles. The molecule has 2 N–H and O–H groups in total. The Morgan fingerprint density at radius 2 is 2.29 bits per heavy atom. The Kier molecular flexibility index (Phi) is 4.01. The van der Waals surface area contributed by atoms with E-state index < -0.39 is 0 Å². The van der Waals surface area contributed by atoms with E-state index in [1.54, 1.807) is 6.07 Å². The lowest BCUT2D eigenvalue weighted by atomic mass is 10.2. The number of nitrogens with two attached hydrogens (primary N) is 1. The summed E-state index contributed by atoms with van der Waals surface area (Å²) in [5.41, 5.74) is 6.63. The van der Waals surface area contributed by atoms with Crippen LogP contribution in [0.5, 0.6) is 0 Å². The van der Waals surface area contributed by atoms with Gasteiger partial charge in [-0.05, 0) is 47.2 Å². The van der Waals surface area contributed by atoms with Crippen LogP contribution in [0, 0.1) is 3.57 Å². The minimum absolute atomic E-state index is 0.188. The van der Waals surface area contributed by atoms with Crippen molar-refractivity contribution < 1.29 is 4.52 Å². The van der Waals surface area contributed by atoms with Crippen LogP contribution in [0.2, 0.25) is 5.02 Å². The smallest absolute Gasteiger partial charge is 0.258 e. The summed E-state index contributed by atoms with van der Waals surface area (Å²) in [6.45, 7) is 1.97. The van der Waals surface area contributed by atoms with Crippen LogP contribution >= 0.6 is 34.2 Å². The van der Waals surface area contributed by atoms with Gasteiger partial charge in [0.2, 0.25) is 0 Å². The summed E-state index contributed by atoms with van der Waals surface area (Å²) in [4.78, 5) is 4.26. The predicted octanol–water partition coefficient (Wildman–Crippen LogP) is 3.40. The highest BCUT2D eigenvalue weighted by Crippen LogP contribution is 2.26. The third-order valence-electron chi connectivity index (χ3n) is 2.38. The van der Waals surface area contributed by atoms with Gasteiger partial charge in [-0.1, -0.05) is 23.7 Å². The molecule has 1 aromatic carbocycles. The molecule has 1 heterocycles. The second-order valence-corrected chi connectivity index (χ2v) is 5.17. The molecule has 0 saturated heterocycles. The van der Waals surface area contributed by atoms with Crippen molar-refractivity contribution in [2.45, 2.75) is 19.4 Å². The Balaban J connectivity index is 2.33. The van der Waals surface area contributed by atoms with E-state index >= 15 is 0 Å². The first kappa shape index (κ1) is 12.8. The maximum absolute atomic E-state index is 6.04. The number of rotatable bonds is 3. The van der Waals surface area contributed by atoms with Crippen molar-refractivity contribution in [2.24, 2.45) is 5.73 Å². The van der Waals surface area contributed by atoms with Gasteiger partial charge in [-0.15, -0.1) is 0 Å². The summed E-state index contributed by atoms with van der Waals surface area (Å²) in [6, 6.07) is 5.41. The molecular formula is C11H11ClIN3O. The van der Waals surface area contributed by atoms with Crippen molar-refractivity contribution in [1.29, 1.82) is 0 Å². The van der Waals surface area contributed by atoms with Crippen LogP contribution in [0.15, 0.2) is 22.7 Å². The highest BCUT2D eigenvalue weighted by molar-refractivity contribution is 14.1. The molecule has 0 aliphatic heterocycles. The van der Waals surface area contributed by atoms with Crippen LogP contribution in [-0.4, -0.2) is 10.1 Å². The standard InChI is InChI=1S/C11H11ClIN3O/c1-2-9(14)10-15-11(17-16-10)6-3-4-8(13)7(12)5-6/h3-5,9H,2,14H2,1H3. The zero-order chi connectivity index (χ0) is 12.4. The molecule has 90 valence electrons. The van der Waals surface area contributed by atoms with Gasteiger partial charge in [0, 0.05) is 9.13 Å². The zero-order valence-corrected chi connectivity index (χ0v) is 12.1. The van der Waals surface area contributed by atoms with Crippen molar-refractivity contribution in [1.82, 2.24) is 10.1 Å². The van der Waals surface area contributed by atoms with Crippen LogP contribution in [0.1, 0.15) is 25.2 Å². The molecule has 0 fully saturated rings. The van der Waals surface area contributed by atoms with E-state index in [1.165, 1.54) is 0 Å². The largest absolute Gasteiger partial charge is 0.334 e. The molecule has 4 nitrogen and oxygen atoms in total. The van der Waals surface area contributed by atoms with E-state index in [4.69, 9.17) is 21.9 Å². The maximum Gasteiger partial charge on any atom is 0.258 e. The Morgan fingerprint density at radius 3 is 2.94 bits per heavy atom. The van der Waals surface area contributed by atoms with Gasteiger partial charge in [-0.2, -0.15) is 4.98 Å². The van der Waals surface area contributed by atoms with Crippen molar-refractivity contribution >= 4 is 34.2 Å². The molecule has 2 rings (SSSR count). The summed E-state index contributed by atoms with van der Waals surface area (Å²) >= 11 is 8.20. The summed E-state index contributed by atoms with van der Waals surface area (Å²) < 4.78 is 6.15. The number of halogens is 2. The Hall–Kier alpha value is -0.660. The Morgan fingerprint density at radius 1 is 1.53 bits per heavy atom. The highest BCUT2D eigenvalue weighted by atomic mass is 127. The van der Waals surface area contributed by atoms with Gasteiger partial charge < -0.3 is 10.3 Å². The molecular weight excluding hydrogens is 352 g/mol. The second kappa shape index (κ2) is 5.32. The highest BCUT2D eigenvalue weighted by Gasteiger charge is 2.14. The number of benzene rings is 1. The second-order valence-electron chi connectivity index (χ2n) is 3.60. The normalized spacial score (nSPS) is 12.7. The summed E-state index contributed by atoms with van der Waals surface area (Å²) in [5, 5.41) is 4.53. The molecule has 0 aliphatic rings. The van der Waals surface area contributed by atoms with Gasteiger partial charge in [0.25, 0.3) is 5.89 Å². The molecule has 0 spiro atoms. The zero-order valence-electron chi connectivity index (χ0n) is 9.15. The molecule has 0 aliphatic carbocycles. The minimum Gasteiger partial charge on any atom is -0.334 e. The molecule has 1 unspecified atom stereocenters. The van der Waals surface area contributed by atoms with E-state index in [0.717, 1.165) is 15.6 Å². The molecule has 1 atom stereocenters. The quantitative estimate of drug-likeness (QED) is 0.849. The van der Waals surface area contributed by atoms with Gasteiger partial charge in [0.1, 0.15) is 0 Å². The fraction of sp³-hybridized carbons (Fsp3) is 0.273. The van der Waals surface area contributed by atoms with Gasteiger partial charge in [-0.3, -0.25) is 0 Å². The van der Waals surface area contributed by atoms with E-state index in [1.807, 2.05) is 19.1 Å². The van der Waals surface area contributed by atoms with Gasteiger partial charge >= 0.3 is 0 Å². The van der Waals surface area contributed by atoms with E-state index in [0.29, 0.717) is 16.7 Å². The van der Waals surface area contributed by atoms with Crippen molar-refractivity contribution in [3.63, 3.8) is 0 Å².